The van der Waals surface area contributed by atoms with Gasteiger partial charge in [0.2, 0.25) is 0 Å². The molecule has 0 unspecified atom stereocenters. The van der Waals surface area contributed by atoms with Crippen molar-refractivity contribution in [1.29, 1.82) is 0 Å². The van der Waals surface area contributed by atoms with Crippen LogP contribution in [0.4, 0.5) is 0 Å². The van der Waals surface area contributed by atoms with Crippen LogP contribution in [-0.2, 0) is 16.1 Å². The standard InChI is InChI=1S/C31H34N2O10S/c1-18-28(30(34)32-5-9-38-10-6-32)19-13-25(23(36-2)15-21(19)41-18)40-17-27-29(31(35)33-7-11-39-12-8-33)20-14-26(43-44-4)24(37-3)16-22(20)42-27/h13-16H,5-12,17H2,1-4H3. The molecule has 2 fully saturated rings. The van der Waals surface area contributed by atoms with E-state index in [0.717, 1.165) is 0 Å². The number of furan rings is 2. The lowest BCUT2D eigenvalue weighted by Crippen LogP contribution is -2.41. The summed E-state index contributed by atoms with van der Waals surface area (Å²) in [5.41, 5.74) is 1.80. The van der Waals surface area contributed by atoms with Gasteiger partial charge in [-0.1, -0.05) is 0 Å². The molecule has 234 valence electrons. The summed E-state index contributed by atoms with van der Waals surface area (Å²) in [4.78, 5) is 30.9. The Balaban J connectivity index is 1.38. The Morgan fingerprint density at radius 2 is 1.27 bits per heavy atom. The highest BCUT2D eigenvalue weighted by atomic mass is 32.2. The molecule has 0 bridgehead atoms. The highest BCUT2D eigenvalue weighted by Crippen LogP contribution is 2.40. The second-order valence-electron chi connectivity index (χ2n) is 10.3. The average Bonchev–Trinajstić information content (AvgIpc) is 3.58. The molecule has 44 heavy (non-hydrogen) atoms. The molecule has 2 aromatic carbocycles. The van der Waals surface area contributed by atoms with Gasteiger partial charge >= 0.3 is 0 Å². The second-order valence-corrected chi connectivity index (χ2v) is 10.8. The fourth-order valence-corrected chi connectivity index (χ4v) is 5.87. The number of nitrogens with zero attached hydrogens (tertiary/aromatic N) is 2. The number of carbonyl (C=O) groups excluding carboxylic acids is 2. The molecule has 13 heteroatoms. The Bertz CT molecular complexity index is 1680. The maximum Gasteiger partial charge on any atom is 0.258 e. The average molecular weight is 627 g/mol. The molecule has 4 heterocycles. The summed E-state index contributed by atoms with van der Waals surface area (Å²) in [6, 6.07) is 6.88. The summed E-state index contributed by atoms with van der Waals surface area (Å²) in [5, 5.41) is 1.18. The van der Waals surface area contributed by atoms with Crippen molar-refractivity contribution in [1.82, 2.24) is 9.80 Å². The van der Waals surface area contributed by atoms with Crippen molar-refractivity contribution < 1.29 is 46.3 Å². The SMILES string of the molecule is COc1cc2oc(C)c(C(=O)N3CCOCC3)c2cc1OCc1oc2cc(OC)c(OSC)cc2c1C(=O)N1CCOCC1. The third-order valence-electron chi connectivity index (χ3n) is 7.75. The van der Waals surface area contributed by atoms with Crippen molar-refractivity contribution in [3.05, 3.63) is 46.9 Å². The summed E-state index contributed by atoms with van der Waals surface area (Å²) >= 11 is 1.17. The number of hydrogen-bond donors (Lipinski definition) is 0. The largest absolute Gasteiger partial charge is 0.493 e. The quantitative estimate of drug-likeness (QED) is 0.241. The van der Waals surface area contributed by atoms with Gasteiger partial charge in [0.25, 0.3) is 11.8 Å². The molecule has 0 aliphatic carbocycles. The Morgan fingerprint density at radius 3 is 1.86 bits per heavy atom. The number of fused-ring (bicyclic) bond motifs is 2. The molecule has 4 aromatic rings. The van der Waals surface area contributed by atoms with Gasteiger partial charge in [-0.2, -0.15) is 0 Å². The molecular weight excluding hydrogens is 592 g/mol. The Labute approximate surface area is 258 Å². The number of benzene rings is 2. The third-order valence-corrected chi connectivity index (χ3v) is 8.10. The van der Waals surface area contributed by atoms with Crippen LogP contribution in [0.15, 0.2) is 33.1 Å². The molecule has 2 amide bonds. The van der Waals surface area contributed by atoms with Gasteiger partial charge in [-0.25, -0.2) is 0 Å². The summed E-state index contributed by atoms with van der Waals surface area (Å²) in [6.45, 7) is 5.49. The summed E-state index contributed by atoms with van der Waals surface area (Å²) in [5.74, 6) is 2.22. The van der Waals surface area contributed by atoms with E-state index in [2.05, 4.69) is 0 Å². The van der Waals surface area contributed by atoms with Crippen molar-refractivity contribution in [3.63, 3.8) is 0 Å². The lowest BCUT2D eigenvalue weighted by molar-refractivity contribution is 0.0300. The van der Waals surface area contributed by atoms with Crippen LogP contribution in [0.2, 0.25) is 0 Å². The van der Waals surface area contributed by atoms with E-state index in [4.69, 9.17) is 36.7 Å². The predicted octanol–water partition coefficient (Wildman–Crippen LogP) is 4.69. The zero-order chi connectivity index (χ0) is 30.8. The maximum absolute atomic E-state index is 13.9. The van der Waals surface area contributed by atoms with Crippen molar-refractivity contribution >= 4 is 45.8 Å². The Morgan fingerprint density at radius 1 is 0.750 bits per heavy atom. The van der Waals surface area contributed by atoms with E-state index in [0.29, 0.717) is 120 Å². The Kier molecular flexibility index (Phi) is 8.78. The third kappa shape index (κ3) is 5.62. The molecule has 6 rings (SSSR count). The van der Waals surface area contributed by atoms with Crippen LogP contribution in [0, 0.1) is 6.92 Å². The number of ether oxygens (including phenoxy) is 5. The van der Waals surface area contributed by atoms with E-state index in [1.807, 2.05) is 0 Å². The van der Waals surface area contributed by atoms with Gasteiger partial charge in [-0.05, 0) is 19.1 Å². The van der Waals surface area contributed by atoms with Crippen LogP contribution < -0.4 is 18.4 Å². The molecule has 12 nitrogen and oxygen atoms in total. The fourth-order valence-electron chi connectivity index (χ4n) is 5.56. The molecule has 0 saturated carbocycles. The first-order chi connectivity index (χ1) is 21.4. The summed E-state index contributed by atoms with van der Waals surface area (Å²) < 4.78 is 46.2. The zero-order valence-corrected chi connectivity index (χ0v) is 25.9. The summed E-state index contributed by atoms with van der Waals surface area (Å²) in [7, 11) is 3.07. The number of aryl methyl sites for hydroxylation is 1. The van der Waals surface area contributed by atoms with Crippen LogP contribution in [0.5, 0.6) is 23.0 Å². The first-order valence-electron chi connectivity index (χ1n) is 14.3. The predicted molar refractivity (Wildman–Crippen MR) is 162 cm³/mol. The monoisotopic (exact) mass is 626 g/mol. The molecule has 2 aromatic heterocycles. The number of rotatable bonds is 9. The lowest BCUT2D eigenvalue weighted by atomic mass is 10.1. The number of hydrogen-bond acceptors (Lipinski definition) is 11. The molecule has 2 aliphatic rings. The molecule has 0 radical (unpaired) electrons. The highest BCUT2D eigenvalue weighted by Gasteiger charge is 2.30. The van der Waals surface area contributed by atoms with Crippen LogP contribution in [0.3, 0.4) is 0 Å². The van der Waals surface area contributed by atoms with E-state index in [9.17, 15) is 9.59 Å². The van der Waals surface area contributed by atoms with Crippen molar-refractivity contribution in [3.8, 4) is 23.0 Å². The fraction of sp³-hybridized carbons (Fsp3) is 0.419. The molecule has 2 saturated heterocycles. The highest BCUT2D eigenvalue weighted by molar-refractivity contribution is 7.94. The second kappa shape index (κ2) is 12.9. The minimum atomic E-state index is -0.197. The molecule has 0 atom stereocenters. The topological polar surface area (TPSA) is 122 Å². The Hall–Kier alpha value is -4.07. The van der Waals surface area contributed by atoms with Crippen molar-refractivity contribution in [2.45, 2.75) is 13.5 Å². The molecule has 0 N–H and O–H groups in total. The lowest BCUT2D eigenvalue weighted by Gasteiger charge is -2.27. The summed E-state index contributed by atoms with van der Waals surface area (Å²) in [6.07, 6.45) is 1.80. The van der Waals surface area contributed by atoms with Gasteiger partial charge in [0.05, 0.1) is 63.8 Å². The van der Waals surface area contributed by atoms with Gasteiger partial charge in [-0.15, -0.1) is 0 Å². The minimum absolute atomic E-state index is 0.0907. The first kappa shape index (κ1) is 30.0. The van der Waals surface area contributed by atoms with E-state index in [1.54, 1.807) is 54.4 Å². The maximum atomic E-state index is 13.9. The van der Waals surface area contributed by atoms with E-state index in [-0.39, 0.29) is 18.4 Å². The van der Waals surface area contributed by atoms with E-state index >= 15 is 0 Å². The number of methoxy groups -OCH3 is 2. The van der Waals surface area contributed by atoms with E-state index < -0.39 is 0 Å². The molecular formula is C31H34N2O10S. The van der Waals surface area contributed by atoms with Crippen LogP contribution in [0.25, 0.3) is 21.9 Å². The van der Waals surface area contributed by atoms with Crippen molar-refractivity contribution in [2.24, 2.45) is 0 Å². The minimum Gasteiger partial charge on any atom is -0.493 e. The van der Waals surface area contributed by atoms with Gasteiger partial charge in [0.1, 0.15) is 23.5 Å². The van der Waals surface area contributed by atoms with Gasteiger partial charge in [0.15, 0.2) is 28.8 Å². The van der Waals surface area contributed by atoms with Gasteiger partial charge in [0, 0.05) is 55.3 Å². The zero-order valence-electron chi connectivity index (χ0n) is 25.1. The first-order valence-corrected chi connectivity index (χ1v) is 15.4. The van der Waals surface area contributed by atoms with Crippen molar-refractivity contribution in [2.75, 3.05) is 73.1 Å². The normalized spacial score (nSPS) is 15.5. The van der Waals surface area contributed by atoms with Gasteiger partial charge in [-0.3, -0.25) is 9.59 Å². The van der Waals surface area contributed by atoms with Crippen LogP contribution in [-0.4, -0.2) is 94.7 Å². The molecule has 0 spiro atoms. The number of morpholine rings is 2. The van der Waals surface area contributed by atoms with Gasteiger partial charge < -0.3 is 46.5 Å². The van der Waals surface area contributed by atoms with Crippen LogP contribution in [0.1, 0.15) is 32.2 Å². The smallest absolute Gasteiger partial charge is 0.258 e. The molecule has 2 aliphatic heterocycles. The van der Waals surface area contributed by atoms with Crippen LogP contribution >= 0.6 is 12.0 Å². The number of amides is 2. The number of carbonyl (C=O) groups is 2. The van der Waals surface area contributed by atoms with E-state index in [1.165, 1.54) is 19.2 Å².